The van der Waals surface area contributed by atoms with Gasteiger partial charge in [0.1, 0.15) is 0 Å². The van der Waals surface area contributed by atoms with Crippen LogP contribution in [0.15, 0.2) is 29.2 Å². The van der Waals surface area contributed by atoms with Crippen LogP contribution >= 0.6 is 0 Å². The number of nitrogens with two attached hydrogens (primary N) is 1. The van der Waals surface area contributed by atoms with E-state index >= 15 is 0 Å². The van der Waals surface area contributed by atoms with Crippen LogP contribution in [0.4, 0.5) is 0 Å². The molecule has 1 aromatic carbocycles. The summed E-state index contributed by atoms with van der Waals surface area (Å²) in [6, 6.07) is 7.18. The van der Waals surface area contributed by atoms with Crippen LogP contribution in [-0.2, 0) is 16.4 Å². The van der Waals surface area contributed by atoms with Crippen LogP contribution in [0.1, 0.15) is 38.7 Å². The molecule has 0 aliphatic carbocycles. The summed E-state index contributed by atoms with van der Waals surface area (Å²) >= 11 is 0. The molecule has 20 heavy (non-hydrogen) atoms. The van der Waals surface area contributed by atoms with Gasteiger partial charge in [0, 0.05) is 13.1 Å². The average Bonchev–Trinajstić information content (AvgIpc) is 2.46. The van der Waals surface area contributed by atoms with Crippen molar-refractivity contribution in [1.29, 1.82) is 0 Å². The zero-order valence-electron chi connectivity index (χ0n) is 12.5. The fourth-order valence-corrected chi connectivity index (χ4v) is 3.55. The zero-order chi connectivity index (χ0) is 15.0. The highest BCUT2D eigenvalue weighted by Gasteiger charge is 2.22. The lowest BCUT2D eigenvalue weighted by Crippen LogP contribution is -2.31. The molecule has 0 aliphatic heterocycles. The SMILES string of the molecule is CCCCN(CC)S(=O)(=O)c1ccc(CCCN)cc1. The van der Waals surface area contributed by atoms with E-state index in [1.54, 1.807) is 16.4 Å². The van der Waals surface area contributed by atoms with Gasteiger partial charge >= 0.3 is 0 Å². The molecule has 0 heterocycles. The Morgan fingerprint density at radius 1 is 1.10 bits per heavy atom. The molecule has 0 saturated carbocycles. The van der Waals surface area contributed by atoms with Crippen LogP contribution in [0.25, 0.3) is 0 Å². The summed E-state index contributed by atoms with van der Waals surface area (Å²) in [7, 11) is -3.35. The van der Waals surface area contributed by atoms with Crippen LogP contribution in [0.3, 0.4) is 0 Å². The van der Waals surface area contributed by atoms with E-state index in [1.165, 1.54) is 0 Å². The molecule has 1 aromatic rings. The quantitative estimate of drug-likeness (QED) is 0.761. The molecular formula is C15H26N2O2S. The predicted octanol–water partition coefficient (Wildman–Crippen LogP) is 2.39. The summed E-state index contributed by atoms with van der Waals surface area (Å²) in [5, 5.41) is 0. The first-order valence-electron chi connectivity index (χ1n) is 7.35. The number of nitrogens with zero attached hydrogens (tertiary/aromatic N) is 1. The Labute approximate surface area is 123 Å². The summed E-state index contributed by atoms with van der Waals surface area (Å²) in [4.78, 5) is 0.381. The van der Waals surface area contributed by atoms with E-state index in [1.807, 2.05) is 19.1 Å². The van der Waals surface area contributed by atoms with Gasteiger partial charge in [-0.1, -0.05) is 32.4 Å². The van der Waals surface area contributed by atoms with Crippen molar-refractivity contribution in [3.05, 3.63) is 29.8 Å². The van der Waals surface area contributed by atoms with E-state index in [0.717, 1.165) is 31.2 Å². The van der Waals surface area contributed by atoms with Crippen molar-refractivity contribution in [2.24, 2.45) is 5.73 Å². The maximum atomic E-state index is 12.5. The van der Waals surface area contributed by atoms with E-state index in [9.17, 15) is 8.42 Å². The van der Waals surface area contributed by atoms with Crippen molar-refractivity contribution in [1.82, 2.24) is 4.31 Å². The number of benzene rings is 1. The van der Waals surface area contributed by atoms with E-state index < -0.39 is 10.0 Å². The highest BCUT2D eigenvalue weighted by Crippen LogP contribution is 2.17. The molecule has 0 aliphatic rings. The van der Waals surface area contributed by atoms with Gasteiger partial charge < -0.3 is 5.73 Å². The van der Waals surface area contributed by atoms with E-state index in [2.05, 4.69) is 6.92 Å². The van der Waals surface area contributed by atoms with Crippen molar-refractivity contribution >= 4 is 10.0 Å². The maximum absolute atomic E-state index is 12.5. The second-order valence-electron chi connectivity index (χ2n) is 4.89. The van der Waals surface area contributed by atoms with Gasteiger partial charge in [0.15, 0.2) is 0 Å². The monoisotopic (exact) mass is 298 g/mol. The average molecular weight is 298 g/mol. The molecule has 2 N–H and O–H groups in total. The van der Waals surface area contributed by atoms with Gasteiger partial charge in [-0.2, -0.15) is 4.31 Å². The number of hydrogen-bond donors (Lipinski definition) is 1. The standard InChI is InChI=1S/C15H26N2O2S/c1-3-5-13-17(4-2)20(18,19)15-10-8-14(9-11-15)7-6-12-16/h8-11H,3-7,12-13,16H2,1-2H3. The van der Waals surface area contributed by atoms with Gasteiger partial charge in [-0.15, -0.1) is 0 Å². The molecule has 0 bridgehead atoms. The summed E-state index contributed by atoms with van der Waals surface area (Å²) in [6.45, 7) is 5.69. The molecule has 4 nitrogen and oxygen atoms in total. The molecule has 0 aromatic heterocycles. The Morgan fingerprint density at radius 2 is 1.75 bits per heavy atom. The molecule has 0 atom stereocenters. The highest BCUT2D eigenvalue weighted by atomic mass is 32.2. The second-order valence-corrected chi connectivity index (χ2v) is 6.82. The van der Waals surface area contributed by atoms with E-state index in [0.29, 0.717) is 24.5 Å². The minimum absolute atomic E-state index is 0.381. The molecule has 0 unspecified atom stereocenters. The summed E-state index contributed by atoms with van der Waals surface area (Å²) < 4.78 is 26.5. The molecule has 0 fully saturated rings. The smallest absolute Gasteiger partial charge is 0.243 e. The Bertz CT molecular complexity index is 483. The molecule has 1 rings (SSSR count). The third kappa shape index (κ3) is 4.58. The van der Waals surface area contributed by atoms with E-state index in [-0.39, 0.29) is 0 Å². The third-order valence-corrected chi connectivity index (χ3v) is 5.33. The predicted molar refractivity (Wildman–Crippen MR) is 83.2 cm³/mol. The van der Waals surface area contributed by atoms with Crippen LogP contribution in [0.5, 0.6) is 0 Å². The minimum Gasteiger partial charge on any atom is -0.330 e. The Hall–Kier alpha value is -0.910. The Morgan fingerprint density at radius 3 is 2.25 bits per heavy atom. The Kier molecular flexibility index (Phi) is 7.19. The van der Waals surface area contributed by atoms with E-state index in [4.69, 9.17) is 5.73 Å². The first kappa shape index (κ1) is 17.1. The Balaban J connectivity index is 2.85. The summed E-state index contributed by atoms with van der Waals surface area (Å²) in [6.07, 6.45) is 3.69. The van der Waals surface area contributed by atoms with Gasteiger partial charge in [0.05, 0.1) is 4.90 Å². The number of sulfonamides is 1. The molecule has 0 spiro atoms. The van der Waals surface area contributed by atoms with Gasteiger partial charge in [-0.25, -0.2) is 8.42 Å². The van der Waals surface area contributed by atoms with Crippen LogP contribution in [0.2, 0.25) is 0 Å². The first-order chi connectivity index (χ1) is 9.56. The van der Waals surface area contributed by atoms with Crippen molar-refractivity contribution in [3.8, 4) is 0 Å². The number of rotatable bonds is 9. The second kappa shape index (κ2) is 8.39. The molecule has 5 heteroatoms. The maximum Gasteiger partial charge on any atom is 0.243 e. The zero-order valence-corrected chi connectivity index (χ0v) is 13.3. The van der Waals surface area contributed by atoms with Crippen molar-refractivity contribution in [2.45, 2.75) is 44.4 Å². The normalized spacial score (nSPS) is 12.0. The lowest BCUT2D eigenvalue weighted by molar-refractivity contribution is 0.419. The number of aryl methyl sites for hydroxylation is 1. The number of unbranched alkanes of at least 4 members (excludes halogenated alkanes) is 1. The van der Waals surface area contributed by atoms with Crippen LogP contribution in [-0.4, -0.2) is 32.4 Å². The third-order valence-electron chi connectivity index (χ3n) is 3.34. The van der Waals surface area contributed by atoms with Crippen LogP contribution in [0, 0.1) is 0 Å². The molecule has 0 amide bonds. The topological polar surface area (TPSA) is 63.4 Å². The van der Waals surface area contributed by atoms with Gasteiger partial charge in [-0.05, 0) is 43.5 Å². The van der Waals surface area contributed by atoms with Crippen molar-refractivity contribution in [2.75, 3.05) is 19.6 Å². The minimum atomic E-state index is -3.35. The van der Waals surface area contributed by atoms with Crippen LogP contribution < -0.4 is 5.73 Å². The highest BCUT2D eigenvalue weighted by molar-refractivity contribution is 7.89. The lowest BCUT2D eigenvalue weighted by Gasteiger charge is -2.20. The molecule has 114 valence electrons. The van der Waals surface area contributed by atoms with Crippen molar-refractivity contribution in [3.63, 3.8) is 0 Å². The molecule has 0 saturated heterocycles. The lowest BCUT2D eigenvalue weighted by atomic mass is 10.1. The van der Waals surface area contributed by atoms with Gasteiger partial charge in [0.2, 0.25) is 10.0 Å². The fourth-order valence-electron chi connectivity index (χ4n) is 2.07. The summed E-state index contributed by atoms with van der Waals surface area (Å²) in [5.74, 6) is 0. The number of hydrogen-bond acceptors (Lipinski definition) is 3. The van der Waals surface area contributed by atoms with Gasteiger partial charge in [-0.3, -0.25) is 0 Å². The van der Waals surface area contributed by atoms with Crippen molar-refractivity contribution < 1.29 is 8.42 Å². The summed E-state index contributed by atoms with van der Waals surface area (Å²) in [5.41, 5.74) is 6.61. The largest absolute Gasteiger partial charge is 0.330 e. The first-order valence-corrected chi connectivity index (χ1v) is 8.79. The molecule has 0 radical (unpaired) electrons. The van der Waals surface area contributed by atoms with Gasteiger partial charge in [0.25, 0.3) is 0 Å². The fraction of sp³-hybridized carbons (Fsp3) is 0.600. The molecular weight excluding hydrogens is 272 g/mol.